The predicted octanol–water partition coefficient (Wildman–Crippen LogP) is 2.96. The summed E-state index contributed by atoms with van der Waals surface area (Å²) in [5, 5.41) is 7.73. The standard InChI is InChI=1S/C21H23N5O4/c1-3-29-21(28)15-4-6-16(7-5-15)24-19(27)14-8-10-26(11-9-14)18-17-13(2)25-30-20(17)23-12-22-18/h4-7,12,14H,3,8-11H2,1-2H3,(H,24,27). The molecule has 0 aliphatic carbocycles. The molecule has 1 saturated heterocycles. The van der Waals surface area contributed by atoms with Crippen molar-refractivity contribution in [2.45, 2.75) is 26.7 Å². The molecule has 9 heteroatoms. The van der Waals surface area contributed by atoms with Gasteiger partial charge in [0, 0.05) is 24.7 Å². The molecule has 2 aromatic heterocycles. The highest BCUT2D eigenvalue weighted by Crippen LogP contribution is 2.29. The average molecular weight is 409 g/mol. The fourth-order valence-electron chi connectivity index (χ4n) is 3.65. The lowest BCUT2D eigenvalue weighted by molar-refractivity contribution is -0.120. The number of carbonyl (C=O) groups is 2. The van der Waals surface area contributed by atoms with Gasteiger partial charge in [0.2, 0.25) is 5.91 Å². The summed E-state index contributed by atoms with van der Waals surface area (Å²) in [6.45, 7) is 5.37. The van der Waals surface area contributed by atoms with Gasteiger partial charge in [0.1, 0.15) is 17.5 Å². The number of rotatable bonds is 5. The fourth-order valence-corrected chi connectivity index (χ4v) is 3.65. The van der Waals surface area contributed by atoms with Gasteiger partial charge >= 0.3 is 5.97 Å². The van der Waals surface area contributed by atoms with Crippen molar-refractivity contribution in [3.8, 4) is 0 Å². The van der Waals surface area contributed by atoms with E-state index in [1.54, 1.807) is 31.2 Å². The van der Waals surface area contributed by atoms with E-state index in [2.05, 4.69) is 25.3 Å². The van der Waals surface area contributed by atoms with Gasteiger partial charge in [-0.15, -0.1) is 0 Å². The second kappa shape index (κ2) is 8.48. The Morgan fingerprint density at radius 3 is 2.63 bits per heavy atom. The smallest absolute Gasteiger partial charge is 0.338 e. The van der Waals surface area contributed by atoms with E-state index >= 15 is 0 Å². The molecule has 3 heterocycles. The first-order valence-corrected chi connectivity index (χ1v) is 9.96. The molecule has 0 bridgehead atoms. The summed E-state index contributed by atoms with van der Waals surface area (Å²) in [6, 6.07) is 6.73. The molecule has 0 unspecified atom stereocenters. The number of anilines is 2. The summed E-state index contributed by atoms with van der Waals surface area (Å²) in [5.41, 5.74) is 2.35. The predicted molar refractivity (Wildman–Crippen MR) is 110 cm³/mol. The lowest BCUT2D eigenvalue weighted by Gasteiger charge is -2.32. The minimum absolute atomic E-state index is 0.0208. The Hall–Kier alpha value is -3.49. The second-order valence-corrected chi connectivity index (χ2v) is 7.19. The fraction of sp³-hybridized carbons (Fsp3) is 0.381. The lowest BCUT2D eigenvalue weighted by atomic mass is 9.95. The van der Waals surface area contributed by atoms with Crippen molar-refractivity contribution >= 4 is 34.5 Å². The molecule has 4 rings (SSSR count). The number of esters is 1. The van der Waals surface area contributed by atoms with Crippen LogP contribution in [0.2, 0.25) is 0 Å². The zero-order valence-corrected chi connectivity index (χ0v) is 16.9. The second-order valence-electron chi connectivity index (χ2n) is 7.19. The Morgan fingerprint density at radius 2 is 1.93 bits per heavy atom. The van der Waals surface area contributed by atoms with Gasteiger partial charge < -0.3 is 19.5 Å². The number of hydrogen-bond acceptors (Lipinski definition) is 8. The van der Waals surface area contributed by atoms with Crippen LogP contribution in [-0.4, -0.2) is 46.7 Å². The molecule has 1 aromatic carbocycles. The topological polar surface area (TPSA) is 110 Å². The third-order valence-electron chi connectivity index (χ3n) is 5.25. The zero-order valence-electron chi connectivity index (χ0n) is 16.9. The quantitative estimate of drug-likeness (QED) is 0.641. The van der Waals surface area contributed by atoms with Gasteiger partial charge in [-0.3, -0.25) is 4.79 Å². The van der Waals surface area contributed by atoms with E-state index in [-0.39, 0.29) is 17.8 Å². The van der Waals surface area contributed by atoms with E-state index in [4.69, 9.17) is 9.26 Å². The van der Waals surface area contributed by atoms with Crippen LogP contribution in [0.5, 0.6) is 0 Å². The number of ether oxygens (including phenoxy) is 1. The van der Waals surface area contributed by atoms with E-state index in [0.717, 1.165) is 16.9 Å². The van der Waals surface area contributed by atoms with Crippen LogP contribution < -0.4 is 10.2 Å². The molecule has 1 fully saturated rings. The minimum atomic E-state index is -0.371. The van der Waals surface area contributed by atoms with E-state index in [1.807, 2.05) is 6.92 Å². The Kier molecular flexibility index (Phi) is 5.60. The molecule has 9 nitrogen and oxygen atoms in total. The molecule has 1 N–H and O–H groups in total. The van der Waals surface area contributed by atoms with Gasteiger partial charge in [-0.1, -0.05) is 5.16 Å². The van der Waals surface area contributed by atoms with E-state index in [0.29, 0.717) is 49.5 Å². The maximum absolute atomic E-state index is 12.7. The highest BCUT2D eigenvalue weighted by molar-refractivity contribution is 5.94. The zero-order chi connectivity index (χ0) is 21.1. The van der Waals surface area contributed by atoms with Crippen molar-refractivity contribution < 1.29 is 18.8 Å². The normalized spacial score (nSPS) is 14.7. The summed E-state index contributed by atoms with van der Waals surface area (Å²) in [7, 11) is 0. The van der Waals surface area contributed by atoms with E-state index < -0.39 is 0 Å². The third-order valence-corrected chi connectivity index (χ3v) is 5.25. The summed E-state index contributed by atoms with van der Waals surface area (Å²) in [6.07, 6.45) is 2.90. The van der Waals surface area contributed by atoms with Crippen molar-refractivity contribution in [3.05, 3.63) is 41.9 Å². The minimum Gasteiger partial charge on any atom is -0.462 e. The number of fused-ring (bicyclic) bond motifs is 1. The molecule has 0 radical (unpaired) electrons. The van der Waals surface area contributed by atoms with Crippen molar-refractivity contribution in [2.24, 2.45) is 5.92 Å². The van der Waals surface area contributed by atoms with Crippen LogP contribution in [0.1, 0.15) is 35.8 Å². The first-order valence-electron chi connectivity index (χ1n) is 9.96. The number of benzene rings is 1. The van der Waals surface area contributed by atoms with Crippen molar-refractivity contribution in [3.63, 3.8) is 0 Å². The molecule has 0 spiro atoms. The van der Waals surface area contributed by atoms with Crippen LogP contribution in [-0.2, 0) is 9.53 Å². The first-order chi connectivity index (χ1) is 14.6. The maximum atomic E-state index is 12.7. The van der Waals surface area contributed by atoms with Gasteiger partial charge in [-0.2, -0.15) is 4.98 Å². The molecule has 0 atom stereocenters. The van der Waals surface area contributed by atoms with E-state index in [1.165, 1.54) is 6.33 Å². The Morgan fingerprint density at radius 1 is 1.20 bits per heavy atom. The van der Waals surface area contributed by atoms with Crippen LogP contribution in [0.3, 0.4) is 0 Å². The summed E-state index contributed by atoms with van der Waals surface area (Å²) in [4.78, 5) is 35.1. The Bertz CT molecular complexity index is 1050. The Labute approximate surface area is 173 Å². The lowest BCUT2D eigenvalue weighted by Crippen LogP contribution is -2.38. The number of piperidine rings is 1. The van der Waals surface area contributed by atoms with Gasteiger partial charge in [-0.05, 0) is 51.0 Å². The van der Waals surface area contributed by atoms with Gasteiger partial charge in [0.05, 0.1) is 17.9 Å². The first kappa shape index (κ1) is 19.8. The van der Waals surface area contributed by atoms with Crippen LogP contribution in [0, 0.1) is 12.8 Å². The van der Waals surface area contributed by atoms with Crippen molar-refractivity contribution in [1.29, 1.82) is 0 Å². The molecule has 30 heavy (non-hydrogen) atoms. The third kappa shape index (κ3) is 3.96. The van der Waals surface area contributed by atoms with E-state index in [9.17, 15) is 9.59 Å². The largest absolute Gasteiger partial charge is 0.462 e. The number of aromatic nitrogens is 3. The average Bonchev–Trinajstić information content (AvgIpc) is 3.15. The molecular formula is C21H23N5O4. The van der Waals surface area contributed by atoms with Crippen LogP contribution in [0.15, 0.2) is 35.1 Å². The van der Waals surface area contributed by atoms with Crippen LogP contribution in [0.25, 0.3) is 11.1 Å². The Balaban J connectivity index is 1.36. The number of amides is 1. The molecule has 0 saturated carbocycles. The summed E-state index contributed by atoms with van der Waals surface area (Å²) in [5.74, 6) is 0.316. The molecule has 1 aliphatic heterocycles. The van der Waals surface area contributed by atoms with Crippen molar-refractivity contribution in [2.75, 3.05) is 29.9 Å². The van der Waals surface area contributed by atoms with Crippen molar-refractivity contribution in [1.82, 2.24) is 15.1 Å². The van der Waals surface area contributed by atoms with Gasteiger partial charge in [0.25, 0.3) is 5.71 Å². The number of carbonyl (C=O) groups excluding carboxylic acids is 2. The molecule has 1 aliphatic rings. The SMILES string of the molecule is CCOC(=O)c1ccc(NC(=O)C2CCN(c3ncnc4onc(C)c34)CC2)cc1. The summed E-state index contributed by atoms with van der Waals surface area (Å²) < 4.78 is 10.2. The number of nitrogens with one attached hydrogen (secondary N) is 1. The van der Waals surface area contributed by atoms with Gasteiger partial charge in [-0.25, -0.2) is 9.78 Å². The maximum Gasteiger partial charge on any atom is 0.338 e. The van der Waals surface area contributed by atoms with Gasteiger partial charge in [0.15, 0.2) is 0 Å². The molecule has 3 aromatic rings. The molecule has 156 valence electrons. The van der Waals surface area contributed by atoms with Crippen LogP contribution in [0.4, 0.5) is 11.5 Å². The summed E-state index contributed by atoms with van der Waals surface area (Å²) >= 11 is 0. The highest BCUT2D eigenvalue weighted by Gasteiger charge is 2.27. The number of hydrogen-bond donors (Lipinski definition) is 1. The van der Waals surface area contributed by atoms with Crippen LogP contribution >= 0.6 is 0 Å². The highest BCUT2D eigenvalue weighted by atomic mass is 16.5. The monoisotopic (exact) mass is 409 g/mol. The molecular weight excluding hydrogens is 386 g/mol. The molecule has 1 amide bonds. The number of aryl methyl sites for hydroxylation is 1. The number of nitrogens with zero attached hydrogens (tertiary/aromatic N) is 4.